The van der Waals surface area contributed by atoms with Gasteiger partial charge in [-0.05, 0) is 51.7 Å². The second kappa shape index (κ2) is 7.25. The van der Waals surface area contributed by atoms with E-state index >= 15 is 0 Å². The third-order valence-corrected chi connectivity index (χ3v) is 3.77. The molecule has 1 aromatic rings. The number of carbonyl (C=O) groups excluding carboxylic acids is 1. The highest BCUT2D eigenvalue weighted by Crippen LogP contribution is 2.39. The number of hydrogen-bond acceptors (Lipinski definition) is 3. The fraction of sp³-hybridized carbons (Fsp3) is 0.571. The van der Waals surface area contributed by atoms with Crippen molar-refractivity contribution in [2.45, 2.75) is 39.2 Å². The minimum atomic E-state index is -0.283. The molecule has 1 saturated carbocycles. The summed E-state index contributed by atoms with van der Waals surface area (Å²) in [6.45, 7) is 6.28. The summed E-state index contributed by atoms with van der Waals surface area (Å²) in [6, 6.07) is 3.69. The van der Waals surface area contributed by atoms with E-state index in [0.29, 0.717) is 18.0 Å². The second-order valence-corrected chi connectivity index (χ2v) is 5.44. The number of nitrogens with zero attached hydrogens (tertiary/aromatic N) is 1. The molecular formula is C14H23Cl2N3O. The van der Waals surface area contributed by atoms with E-state index in [1.807, 2.05) is 32.9 Å². The monoisotopic (exact) mass is 319 g/mol. The number of nitrogens with two attached hydrogens (primary N) is 1. The highest BCUT2D eigenvalue weighted by Gasteiger charge is 2.41. The number of hydrogen-bond donors (Lipinski definition) is 2. The maximum atomic E-state index is 12.3. The van der Waals surface area contributed by atoms with Crippen LogP contribution in [0.1, 0.15) is 41.5 Å². The van der Waals surface area contributed by atoms with Gasteiger partial charge in [-0.15, -0.1) is 24.8 Å². The Balaban J connectivity index is 0.00000180. The molecule has 1 atom stereocenters. The van der Waals surface area contributed by atoms with Gasteiger partial charge in [0, 0.05) is 12.2 Å². The molecule has 0 aromatic carbocycles. The third kappa shape index (κ3) is 4.08. The molecule has 1 amide bonds. The average molecular weight is 320 g/mol. The Morgan fingerprint density at radius 2 is 2.00 bits per heavy atom. The Kier molecular flexibility index (Phi) is 6.94. The van der Waals surface area contributed by atoms with Crippen LogP contribution in [0.25, 0.3) is 0 Å². The molecule has 6 heteroatoms. The molecule has 0 bridgehead atoms. The zero-order valence-electron chi connectivity index (χ0n) is 12.1. The molecule has 114 valence electrons. The van der Waals surface area contributed by atoms with Crippen LogP contribution in [-0.2, 0) is 0 Å². The van der Waals surface area contributed by atoms with E-state index in [1.165, 1.54) is 0 Å². The maximum absolute atomic E-state index is 12.3. The van der Waals surface area contributed by atoms with Crippen molar-refractivity contribution >= 4 is 30.7 Å². The summed E-state index contributed by atoms with van der Waals surface area (Å²) in [5.74, 6) is 0.449. The summed E-state index contributed by atoms with van der Waals surface area (Å²) in [5, 5.41) is 3.08. The molecule has 1 heterocycles. The van der Waals surface area contributed by atoms with Crippen molar-refractivity contribution in [3.63, 3.8) is 0 Å². The molecule has 1 aliphatic rings. The van der Waals surface area contributed by atoms with Crippen molar-refractivity contribution in [3.8, 4) is 0 Å². The number of aromatic nitrogens is 1. The minimum absolute atomic E-state index is 0. The lowest BCUT2D eigenvalue weighted by atomic mass is 9.95. The smallest absolute Gasteiger partial charge is 0.253 e. The van der Waals surface area contributed by atoms with Gasteiger partial charge in [-0.2, -0.15) is 0 Å². The lowest BCUT2D eigenvalue weighted by molar-refractivity contribution is 0.0896. The van der Waals surface area contributed by atoms with Gasteiger partial charge in [-0.3, -0.25) is 9.78 Å². The van der Waals surface area contributed by atoms with E-state index in [2.05, 4.69) is 10.3 Å². The van der Waals surface area contributed by atoms with Crippen molar-refractivity contribution in [2.24, 2.45) is 11.7 Å². The zero-order valence-corrected chi connectivity index (χ0v) is 13.7. The minimum Gasteiger partial charge on any atom is -0.345 e. The number of halogens is 2. The number of pyridine rings is 1. The molecule has 1 unspecified atom stereocenters. The summed E-state index contributed by atoms with van der Waals surface area (Å²) in [7, 11) is 0. The van der Waals surface area contributed by atoms with Gasteiger partial charge in [0.2, 0.25) is 0 Å². The summed E-state index contributed by atoms with van der Waals surface area (Å²) >= 11 is 0. The van der Waals surface area contributed by atoms with Crippen molar-refractivity contribution in [1.82, 2.24) is 10.3 Å². The van der Waals surface area contributed by atoms with Gasteiger partial charge in [0.25, 0.3) is 5.91 Å². The van der Waals surface area contributed by atoms with E-state index in [1.54, 1.807) is 0 Å². The molecule has 1 aliphatic carbocycles. The standard InChI is InChI=1S/C14H21N3O.2ClH/c1-9-4-7-12(10(2)16-9)13(18)17-14(3,8-15)11-5-6-11;;/h4,7,11H,5-6,8,15H2,1-3H3,(H,17,18);2*1H. The van der Waals surface area contributed by atoms with Crippen molar-refractivity contribution in [1.29, 1.82) is 0 Å². The van der Waals surface area contributed by atoms with Gasteiger partial charge in [-0.25, -0.2) is 0 Å². The topological polar surface area (TPSA) is 68.0 Å². The van der Waals surface area contributed by atoms with E-state index in [0.717, 1.165) is 24.2 Å². The number of rotatable bonds is 4. The van der Waals surface area contributed by atoms with Crippen molar-refractivity contribution in [2.75, 3.05) is 6.54 Å². The van der Waals surface area contributed by atoms with Crippen LogP contribution < -0.4 is 11.1 Å². The zero-order chi connectivity index (χ0) is 13.3. The third-order valence-electron chi connectivity index (χ3n) is 3.77. The van der Waals surface area contributed by atoms with Crippen LogP contribution >= 0.6 is 24.8 Å². The molecule has 2 rings (SSSR count). The van der Waals surface area contributed by atoms with E-state index < -0.39 is 0 Å². The number of carbonyl (C=O) groups is 1. The summed E-state index contributed by atoms with van der Waals surface area (Å²) < 4.78 is 0. The first-order valence-electron chi connectivity index (χ1n) is 6.43. The lowest BCUT2D eigenvalue weighted by Crippen LogP contribution is -2.53. The van der Waals surface area contributed by atoms with Crippen LogP contribution in [-0.4, -0.2) is 23.0 Å². The number of nitrogens with one attached hydrogen (secondary N) is 1. The van der Waals surface area contributed by atoms with Crippen LogP contribution in [0.4, 0.5) is 0 Å². The van der Waals surface area contributed by atoms with Gasteiger partial charge >= 0.3 is 0 Å². The van der Waals surface area contributed by atoms with Crippen LogP contribution in [0.3, 0.4) is 0 Å². The van der Waals surface area contributed by atoms with Crippen molar-refractivity contribution < 1.29 is 4.79 Å². The molecule has 3 N–H and O–H groups in total. The predicted molar refractivity (Wildman–Crippen MR) is 85.9 cm³/mol. The SMILES string of the molecule is Cc1ccc(C(=O)NC(C)(CN)C2CC2)c(C)n1.Cl.Cl. The highest BCUT2D eigenvalue weighted by molar-refractivity contribution is 5.95. The molecule has 1 fully saturated rings. The maximum Gasteiger partial charge on any atom is 0.253 e. The van der Waals surface area contributed by atoms with E-state index in [-0.39, 0.29) is 36.3 Å². The van der Waals surface area contributed by atoms with Crippen LogP contribution in [0.15, 0.2) is 12.1 Å². The van der Waals surface area contributed by atoms with Crippen LogP contribution in [0, 0.1) is 19.8 Å². The predicted octanol–water partition coefficient (Wildman–Crippen LogP) is 2.40. The van der Waals surface area contributed by atoms with Gasteiger partial charge in [0.05, 0.1) is 16.8 Å². The van der Waals surface area contributed by atoms with Crippen LogP contribution in [0.2, 0.25) is 0 Å². The van der Waals surface area contributed by atoms with Crippen LogP contribution in [0.5, 0.6) is 0 Å². The first-order chi connectivity index (χ1) is 8.46. The Morgan fingerprint density at radius 3 is 2.45 bits per heavy atom. The quantitative estimate of drug-likeness (QED) is 0.895. The van der Waals surface area contributed by atoms with Gasteiger partial charge in [0.1, 0.15) is 0 Å². The molecule has 4 nitrogen and oxygen atoms in total. The lowest BCUT2D eigenvalue weighted by Gasteiger charge is -2.29. The van der Waals surface area contributed by atoms with Gasteiger partial charge in [0.15, 0.2) is 0 Å². The van der Waals surface area contributed by atoms with E-state index in [4.69, 9.17) is 5.73 Å². The van der Waals surface area contributed by atoms with Gasteiger partial charge < -0.3 is 11.1 Å². The van der Waals surface area contributed by atoms with Crippen molar-refractivity contribution in [3.05, 3.63) is 29.1 Å². The summed E-state index contributed by atoms with van der Waals surface area (Å²) in [4.78, 5) is 16.6. The first-order valence-corrected chi connectivity index (χ1v) is 6.43. The molecule has 1 aromatic heterocycles. The Hall–Kier alpha value is -0.840. The summed E-state index contributed by atoms with van der Waals surface area (Å²) in [5.41, 5.74) is 7.85. The average Bonchev–Trinajstić information content (AvgIpc) is 3.12. The Labute approximate surface area is 132 Å². The Morgan fingerprint density at radius 1 is 1.40 bits per heavy atom. The normalized spacial score (nSPS) is 16.4. The van der Waals surface area contributed by atoms with E-state index in [9.17, 15) is 4.79 Å². The number of aryl methyl sites for hydroxylation is 2. The molecule has 0 radical (unpaired) electrons. The molecular weight excluding hydrogens is 297 g/mol. The first kappa shape index (κ1) is 19.2. The molecule has 0 saturated heterocycles. The second-order valence-electron chi connectivity index (χ2n) is 5.44. The molecule has 0 spiro atoms. The number of amides is 1. The summed E-state index contributed by atoms with van der Waals surface area (Å²) in [6.07, 6.45) is 2.30. The fourth-order valence-corrected chi connectivity index (χ4v) is 2.29. The highest BCUT2D eigenvalue weighted by atomic mass is 35.5. The molecule has 0 aliphatic heterocycles. The Bertz CT molecular complexity index is 477. The van der Waals surface area contributed by atoms with Gasteiger partial charge in [-0.1, -0.05) is 0 Å². The largest absolute Gasteiger partial charge is 0.345 e. The molecule has 20 heavy (non-hydrogen) atoms. The fourth-order valence-electron chi connectivity index (χ4n) is 2.29.